The predicted octanol–water partition coefficient (Wildman–Crippen LogP) is 2.09. The lowest BCUT2D eigenvalue weighted by Crippen LogP contribution is -2.34. The molecule has 5 nitrogen and oxygen atoms in total. The van der Waals surface area contributed by atoms with Gasteiger partial charge in [0, 0.05) is 25.3 Å². The number of aliphatic hydroxyl groups is 1. The molecule has 0 spiro atoms. The monoisotopic (exact) mass is 333 g/mol. The maximum atomic E-state index is 12.5. The summed E-state index contributed by atoms with van der Waals surface area (Å²) >= 11 is 0. The number of esters is 1. The molecule has 0 aliphatic heterocycles. The van der Waals surface area contributed by atoms with Gasteiger partial charge in [0.1, 0.15) is 0 Å². The number of ether oxygens (including phenoxy) is 1. The first kappa shape index (κ1) is 19.0. The Labute approximate surface area is 131 Å². The van der Waals surface area contributed by atoms with Crippen molar-refractivity contribution in [2.45, 2.75) is 19.0 Å². The van der Waals surface area contributed by atoms with Gasteiger partial charge < -0.3 is 14.7 Å². The Bertz CT molecular complexity index is 529. The topological polar surface area (TPSA) is 66.8 Å². The highest BCUT2D eigenvalue weighted by atomic mass is 19.4. The SMILES string of the molecule is COC(=O)CCN(CCCO)C(=O)c1ccc(C(F)(F)F)cc1. The van der Waals surface area contributed by atoms with Crippen LogP contribution in [0.25, 0.3) is 0 Å². The van der Waals surface area contributed by atoms with Crippen LogP contribution in [0.1, 0.15) is 28.8 Å². The molecule has 0 radical (unpaired) electrons. The third-order valence-electron chi connectivity index (χ3n) is 3.15. The van der Waals surface area contributed by atoms with Crippen molar-refractivity contribution >= 4 is 11.9 Å². The molecule has 1 rings (SSSR count). The van der Waals surface area contributed by atoms with Gasteiger partial charge in [-0.1, -0.05) is 0 Å². The van der Waals surface area contributed by atoms with Crippen LogP contribution in [0.4, 0.5) is 13.2 Å². The van der Waals surface area contributed by atoms with Gasteiger partial charge in [-0.2, -0.15) is 13.2 Å². The van der Waals surface area contributed by atoms with Gasteiger partial charge in [0.15, 0.2) is 0 Å². The van der Waals surface area contributed by atoms with Crippen molar-refractivity contribution in [3.63, 3.8) is 0 Å². The number of hydrogen-bond acceptors (Lipinski definition) is 4. The Hall–Kier alpha value is -2.09. The fourth-order valence-corrected chi connectivity index (χ4v) is 1.89. The molecular weight excluding hydrogens is 315 g/mol. The van der Waals surface area contributed by atoms with Gasteiger partial charge in [-0.05, 0) is 30.7 Å². The maximum Gasteiger partial charge on any atom is 0.416 e. The molecule has 23 heavy (non-hydrogen) atoms. The van der Waals surface area contributed by atoms with Crippen molar-refractivity contribution in [1.82, 2.24) is 4.90 Å². The molecule has 0 saturated heterocycles. The number of aliphatic hydroxyl groups excluding tert-OH is 1. The molecule has 0 atom stereocenters. The van der Waals surface area contributed by atoms with Gasteiger partial charge in [0.25, 0.3) is 5.91 Å². The molecule has 0 unspecified atom stereocenters. The van der Waals surface area contributed by atoms with Gasteiger partial charge in [-0.3, -0.25) is 9.59 Å². The number of methoxy groups -OCH3 is 1. The van der Waals surface area contributed by atoms with Crippen molar-refractivity contribution in [2.75, 3.05) is 26.8 Å². The van der Waals surface area contributed by atoms with E-state index in [-0.39, 0.29) is 31.7 Å². The summed E-state index contributed by atoms with van der Waals surface area (Å²) < 4.78 is 42.1. The summed E-state index contributed by atoms with van der Waals surface area (Å²) in [6, 6.07) is 3.85. The van der Waals surface area contributed by atoms with Crippen LogP contribution in [-0.2, 0) is 15.7 Å². The van der Waals surface area contributed by atoms with Gasteiger partial charge in [-0.15, -0.1) is 0 Å². The van der Waals surface area contributed by atoms with E-state index in [1.807, 2.05) is 0 Å². The van der Waals surface area contributed by atoms with E-state index in [9.17, 15) is 22.8 Å². The van der Waals surface area contributed by atoms with E-state index in [2.05, 4.69) is 4.74 Å². The van der Waals surface area contributed by atoms with Crippen LogP contribution in [-0.4, -0.2) is 48.7 Å². The average Bonchev–Trinajstić information content (AvgIpc) is 2.53. The van der Waals surface area contributed by atoms with E-state index in [4.69, 9.17) is 5.11 Å². The summed E-state index contributed by atoms with van der Waals surface area (Å²) in [5.74, 6) is -1.00. The van der Waals surface area contributed by atoms with Crippen LogP contribution in [0.15, 0.2) is 24.3 Å². The quantitative estimate of drug-likeness (QED) is 0.776. The second-order valence-corrected chi connectivity index (χ2v) is 4.77. The zero-order chi connectivity index (χ0) is 17.5. The Kier molecular flexibility index (Phi) is 7.02. The summed E-state index contributed by atoms with van der Waals surface area (Å²) in [5.41, 5.74) is -0.758. The molecule has 0 heterocycles. The lowest BCUT2D eigenvalue weighted by molar-refractivity contribution is -0.141. The van der Waals surface area contributed by atoms with Crippen LogP contribution < -0.4 is 0 Å². The summed E-state index contributed by atoms with van der Waals surface area (Å²) in [6.45, 7) is 0.106. The average molecular weight is 333 g/mol. The fraction of sp³-hybridized carbons (Fsp3) is 0.467. The van der Waals surface area contributed by atoms with Gasteiger partial charge in [-0.25, -0.2) is 0 Å². The zero-order valence-electron chi connectivity index (χ0n) is 12.6. The second-order valence-electron chi connectivity index (χ2n) is 4.77. The van der Waals surface area contributed by atoms with E-state index in [1.54, 1.807) is 0 Å². The summed E-state index contributed by atoms with van der Waals surface area (Å²) in [4.78, 5) is 24.8. The number of halogens is 3. The molecule has 1 N–H and O–H groups in total. The van der Waals surface area contributed by atoms with Crippen LogP contribution in [0.5, 0.6) is 0 Å². The van der Waals surface area contributed by atoms with Crippen molar-refractivity contribution in [3.8, 4) is 0 Å². The van der Waals surface area contributed by atoms with E-state index in [0.717, 1.165) is 24.3 Å². The van der Waals surface area contributed by atoms with Crippen molar-refractivity contribution in [3.05, 3.63) is 35.4 Å². The van der Waals surface area contributed by atoms with E-state index >= 15 is 0 Å². The van der Waals surface area contributed by atoms with Crippen LogP contribution >= 0.6 is 0 Å². The number of benzene rings is 1. The van der Waals surface area contributed by atoms with Crippen molar-refractivity contribution < 1.29 is 32.6 Å². The third-order valence-corrected chi connectivity index (χ3v) is 3.15. The Morgan fingerprint density at radius 3 is 2.26 bits per heavy atom. The molecule has 128 valence electrons. The molecule has 0 aromatic heterocycles. The minimum Gasteiger partial charge on any atom is -0.469 e. The fourth-order valence-electron chi connectivity index (χ4n) is 1.89. The highest BCUT2D eigenvalue weighted by Gasteiger charge is 2.30. The first-order valence-electron chi connectivity index (χ1n) is 6.93. The molecule has 1 amide bonds. The Balaban J connectivity index is 2.84. The summed E-state index contributed by atoms with van der Waals surface area (Å²) in [5, 5.41) is 8.86. The van der Waals surface area contributed by atoms with Crippen LogP contribution in [0.2, 0.25) is 0 Å². The molecule has 0 fully saturated rings. The minimum absolute atomic E-state index is 0.0334. The molecule has 0 aliphatic carbocycles. The van der Waals surface area contributed by atoms with E-state index in [1.165, 1.54) is 12.0 Å². The number of alkyl halides is 3. The highest BCUT2D eigenvalue weighted by Crippen LogP contribution is 2.29. The van der Waals surface area contributed by atoms with E-state index in [0.29, 0.717) is 6.42 Å². The lowest BCUT2D eigenvalue weighted by Gasteiger charge is -2.22. The highest BCUT2D eigenvalue weighted by molar-refractivity contribution is 5.94. The number of nitrogens with zero attached hydrogens (tertiary/aromatic N) is 1. The Morgan fingerprint density at radius 2 is 1.78 bits per heavy atom. The number of rotatable bonds is 7. The molecule has 8 heteroatoms. The van der Waals surface area contributed by atoms with Gasteiger partial charge >= 0.3 is 12.1 Å². The number of hydrogen-bond donors (Lipinski definition) is 1. The molecule has 1 aromatic rings. The number of carbonyl (C=O) groups is 2. The Morgan fingerprint density at radius 1 is 1.17 bits per heavy atom. The first-order chi connectivity index (χ1) is 10.8. The van der Waals surface area contributed by atoms with Crippen LogP contribution in [0, 0.1) is 0 Å². The summed E-state index contributed by atoms with van der Waals surface area (Å²) in [7, 11) is 1.22. The van der Waals surface area contributed by atoms with Crippen LogP contribution in [0.3, 0.4) is 0 Å². The molecule has 1 aromatic carbocycles. The lowest BCUT2D eigenvalue weighted by atomic mass is 10.1. The third kappa shape index (κ3) is 5.90. The standard InChI is InChI=1S/C15H18F3NO4/c1-23-13(21)7-9-19(8-2-10-20)14(22)11-3-5-12(6-4-11)15(16,17)18/h3-6,20H,2,7-10H2,1H3. The first-order valence-corrected chi connectivity index (χ1v) is 6.93. The number of amides is 1. The normalized spacial score (nSPS) is 11.2. The minimum atomic E-state index is -4.47. The predicted molar refractivity (Wildman–Crippen MR) is 75.7 cm³/mol. The smallest absolute Gasteiger partial charge is 0.416 e. The second kappa shape index (κ2) is 8.52. The summed E-state index contributed by atoms with van der Waals surface area (Å²) in [6.07, 6.45) is -4.20. The molecule has 0 bridgehead atoms. The zero-order valence-corrected chi connectivity index (χ0v) is 12.6. The van der Waals surface area contributed by atoms with Gasteiger partial charge in [0.2, 0.25) is 0 Å². The largest absolute Gasteiger partial charge is 0.469 e. The molecule has 0 aliphatic rings. The van der Waals surface area contributed by atoms with Gasteiger partial charge in [0.05, 0.1) is 19.1 Å². The maximum absolute atomic E-state index is 12.5. The number of carbonyl (C=O) groups excluding carboxylic acids is 2. The van der Waals surface area contributed by atoms with Crippen molar-refractivity contribution in [1.29, 1.82) is 0 Å². The van der Waals surface area contributed by atoms with E-state index < -0.39 is 23.6 Å². The molecule has 0 saturated carbocycles. The van der Waals surface area contributed by atoms with Crippen molar-refractivity contribution in [2.24, 2.45) is 0 Å². The molecular formula is C15H18F3NO4.